The van der Waals surface area contributed by atoms with E-state index < -0.39 is 11.9 Å². The Morgan fingerprint density at radius 2 is 0.346 bits per heavy atom. The molecule has 0 fully saturated rings. The minimum absolute atomic E-state index is 0.205. The van der Waals surface area contributed by atoms with Crippen LogP contribution in [0.25, 0.3) is 0 Å². The average molecular weight is 1110 g/mol. The van der Waals surface area contributed by atoms with Gasteiger partial charge in [0.05, 0.1) is 39.3 Å². The molecule has 0 aliphatic carbocycles. The molecule has 6 heteroatoms. The molecule has 6 nitrogen and oxygen atoms in total. The summed E-state index contributed by atoms with van der Waals surface area (Å²) >= 11 is 0. The first-order chi connectivity index (χ1) is 38.1. The van der Waals surface area contributed by atoms with Gasteiger partial charge in [-0.15, -0.1) is 0 Å². The van der Waals surface area contributed by atoms with Crippen molar-refractivity contribution in [1.82, 2.24) is 0 Å². The van der Waals surface area contributed by atoms with Crippen LogP contribution >= 0.6 is 0 Å². The van der Waals surface area contributed by atoms with Gasteiger partial charge in [-0.25, -0.2) is 0 Å². The summed E-state index contributed by atoms with van der Waals surface area (Å²) in [6, 6.07) is 0. The molecule has 0 aromatic carbocycles. The highest BCUT2D eigenvalue weighted by atomic mass is 16.4. The predicted molar refractivity (Wildman–Crippen MR) is 345 cm³/mol. The van der Waals surface area contributed by atoms with Crippen molar-refractivity contribution in [1.29, 1.82) is 0 Å². The molecule has 0 bridgehead atoms. The Morgan fingerprint density at radius 3 is 0.474 bits per heavy atom. The number of unbranched alkanes of at least 4 members (excludes halogenated alkanes) is 38. The molecule has 2 N–H and O–H groups in total. The van der Waals surface area contributed by atoms with E-state index in [0.717, 1.165) is 51.4 Å². The van der Waals surface area contributed by atoms with Crippen molar-refractivity contribution in [2.24, 2.45) is 11.8 Å². The Kier molecular flexibility index (Phi) is 81.0. The van der Waals surface area contributed by atoms with Gasteiger partial charge in [-0.05, 0) is 76.0 Å². The molecular weight excluding hydrogens is 957 g/mol. The van der Waals surface area contributed by atoms with Gasteiger partial charge >= 0.3 is 0 Å². The molecule has 0 spiro atoms. The minimum atomic E-state index is -0.816. The summed E-state index contributed by atoms with van der Waals surface area (Å²) in [5.74, 6) is -2.04. The summed E-state index contributed by atoms with van der Waals surface area (Å²) in [5, 5.41) is 22.6. The standard InChI is InChI=1S/2C24H48O2.2C12H27N/c2*1-3-5-7-9-11-13-14-16-18-20-22-23(24(25)26)21-19-17-15-12-10-8-6-4-2;2*1-4-7-10-13(11-8-5-2)12-9-6-3/h2*23H,3-22H2,1-2H3,(H,25,26);2*4-12H2,1-3H3. The normalized spacial score (nSPS) is 11.9. The van der Waals surface area contributed by atoms with E-state index in [1.54, 1.807) is 0 Å². The Hall–Kier alpha value is -1.14. The molecule has 0 aliphatic rings. The lowest BCUT2D eigenvalue weighted by atomic mass is 9.94. The van der Waals surface area contributed by atoms with Gasteiger partial charge in [0, 0.05) is 11.9 Å². The van der Waals surface area contributed by atoms with Crippen molar-refractivity contribution in [3.05, 3.63) is 0 Å². The number of hydrogen-bond donors (Lipinski definition) is 2. The molecular formula is C72H150N2O4. The fraction of sp³-hybridized carbons (Fsp3) is 0.972. The fourth-order valence-electron chi connectivity index (χ4n) is 10.9. The highest BCUT2D eigenvalue weighted by molar-refractivity contribution is 5.67. The quantitative estimate of drug-likeness (QED) is 0.0594. The average Bonchev–Trinajstić information content (AvgIpc) is 3.44. The molecule has 0 saturated carbocycles. The Morgan fingerprint density at radius 1 is 0.218 bits per heavy atom. The van der Waals surface area contributed by atoms with E-state index in [0.29, 0.717) is 0 Å². The lowest BCUT2D eigenvalue weighted by Gasteiger charge is -2.18. The maximum absolute atomic E-state index is 11.3. The first-order valence-corrected chi connectivity index (χ1v) is 36.2. The first-order valence-electron chi connectivity index (χ1n) is 36.2. The van der Waals surface area contributed by atoms with Crippen molar-refractivity contribution in [2.45, 2.75) is 403 Å². The Labute approximate surface area is 493 Å². The van der Waals surface area contributed by atoms with Gasteiger partial charge in [0.25, 0.3) is 0 Å². The molecule has 0 amide bonds. The first kappa shape index (κ1) is 83.3. The molecule has 0 radical (unpaired) electrons. The van der Waals surface area contributed by atoms with E-state index in [2.05, 4.69) is 69.2 Å². The number of carboxylic acid groups (broad SMARTS) is 2. The van der Waals surface area contributed by atoms with E-state index in [1.807, 2.05) is 9.80 Å². The second-order valence-corrected chi connectivity index (χ2v) is 24.6. The van der Waals surface area contributed by atoms with E-state index in [1.165, 1.54) is 322 Å². The molecule has 0 aliphatic heterocycles. The summed E-state index contributed by atoms with van der Waals surface area (Å²) in [6.07, 6.45) is 66.3. The monoisotopic (exact) mass is 1110 g/mol. The highest BCUT2D eigenvalue weighted by Crippen LogP contribution is 2.21. The van der Waals surface area contributed by atoms with Gasteiger partial charge in [-0.3, -0.25) is 0 Å². The smallest absolute Gasteiger partial charge is 0.0770 e. The van der Waals surface area contributed by atoms with E-state index in [-0.39, 0.29) is 11.8 Å². The Balaban J connectivity index is -0.000000492. The van der Waals surface area contributed by atoms with Gasteiger partial charge in [0.2, 0.25) is 0 Å². The molecule has 78 heavy (non-hydrogen) atoms. The number of quaternary nitrogens is 2. The zero-order chi connectivity index (χ0) is 58.5. The topological polar surface area (TPSA) is 89.1 Å². The van der Waals surface area contributed by atoms with Crippen LogP contribution in [0.2, 0.25) is 0 Å². The van der Waals surface area contributed by atoms with Crippen LogP contribution in [-0.2, 0) is 9.59 Å². The van der Waals surface area contributed by atoms with Crippen LogP contribution in [0.3, 0.4) is 0 Å². The second kappa shape index (κ2) is 75.9. The number of hydrogen-bond acceptors (Lipinski definition) is 4. The van der Waals surface area contributed by atoms with Gasteiger partial charge < -0.3 is 29.6 Å². The largest absolute Gasteiger partial charge is 0.550 e. The predicted octanol–water partition coefficient (Wildman–Crippen LogP) is 18.9. The van der Waals surface area contributed by atoms with Crippen LogP contribution in [0.15, 0.2) is 0 Å². The van der Waals surface area contributed by atoms with Crippen molar-refractivity contribution in [3.8, 4) is 0 Å². The summed E-state index contributed by atoms with van der Waals surface area (Å²) in [5.41, 5.74) is 0. The van der Waals surface area contributed by atoms with Crippen LogP contribution in [0.4, 0.5) is 0 Å². The summed E-state index contributed by atoms with van der Waals surface area (Å²) in [6.45, 7) is 31.1. The van der Waals surface area contributed by atoms with Crippen LogP contribution in [0, 0.1) is 11.8 Å². The van der Waals surface area contributed by atoms with Crippen LogP contribution < -0.4 is 20.0 Å². The SMILES string of the molecule is CCCCCCCCCCCCC(CCCCCCCCCC)C(=O)[O-].CCCCCCCCCCCCC(CCCCCCCCCC)C(=O)[O-].CCCC[NH+](CCCC)CCCC.CCCC[NH+](CCCC)CCCC. The maximum atomic E-state index is 11.3. The number of rotatable bonds is 60. The van der Waals surface area contributed by atoms with Crippen LogP contribution in [0.1, 0.15) is 403 Å². The fourth-order valence-corrected chi connectivity index (χ4v) is 10.9. The van der Waals surface area contributed by atoms with Gasteiger partial charge in [0.15, 0.2) is 0 Å². The van der Waals surface area contributed by atoms with E-state index >= 15 is 0 Å². The molecule has 472 valence electrons. The molecule has 0 aromatic heterocycles. The highest BCUT2D eigenvalue weighted by Gasteiger charge is 2.12. The zero-order valence-corrected chi connectivity index (χ0v) is 55.8. The van der Waals surface area contributed by atoms with Crippen molar-refractivity contribution in [3.63, 3.8) is 0 Å². The summed E-state index contributed by atoms with van der Waals surface area (Å²) in [4.78, 5) is 26.3. The molecule has 0 saturated heterocycles. The number of carboxylic acids is 2. The van der Waals surface area contributed by atoms with Crippen molar-refractivity contribution < 1.29 is 29.6 Å². The van der Waals surface area contributed by atoms with Crippen molar-refractivity contribution >= 4 is 11.9 Å². The lowest BCUT2D eigenvalue weighted by molar-refractivity contribution is -0.900. The van der Waals surface area contributed by atoms with Crippen molar-refractivity contribution in [2.75, 3.05) is 39.3 Å². The number of carbonyl (C=O) groups excluding carboxylic acids is 2. The zero-order valence-electron chi connectivity index (χ0n) is 55.8. The van der Waals surface area contributed by atoms with Crippen LogP contribution in [0.5, 0.6) is 0 Å². The van der Waals surface area contributed by atoms with Gasteiger partial charge in [-0.2, -0.15) is 0 Å². The number of carbonyl (C=O) groups is 2. The second-order valence-electron chi connectivity index (χ2n) is 24.6. The molecule has 0 aromatic rings. The van der Waals surface area contributed by atoms with Gasteiger partial charge in [-0.1, -0.05) is 339 Å². The summed E-state index contributed by atoms with van der Waals surface area (Å²) < 4.78 is 0. The third-order valence-corrected chi connectivity index (χ3v) is 16.6. The van der Waals surface area contributed by atoms with E-state index in [9.17, 15) is 19.8 Å². The number of aliphatic carboxylic acids is 2. The maximum Gasteiger partial charge on any atom is 0.0770 e. The molecule has 0 heterocycles. The Bertz CT molecular complexity index is 951. The summed E-state index contributed by atoms with van der Waals surface area (Å²) in [7, 11) is 0. The molecule has 2 unspecified atom stereocenters. The molecule has 2 atom stereocenters. The molecule has 0 rings (SSSR count). The number of nitrogens with one attached hydrogen (secondary N) is 2. The third-order valence-electron chi connectivity index (χ3n) is 16.6. The third kappa shape index (κ3) is 72.9. The van der Waals surface area contributed by atoms with Crippen LogP contribution in [-0.4, -0.2) is 51.2 Å². The minimum Gasteiger partial charge on any atom is -0.550 e. The lowest BCUT2D eigenvalue weighted by Crippen LogP contribution is -3.12. The van der Waals surface area contributed by atoms with E-state index in [4.69, 9.17) is 0 Å². The van der Waals surface area contributed by atoms with Gasteiger partial charge in [0.1, 0.15) is 0 Å².